The SMILES string of the molecule is CN(C)c1ccc(C=Cc2cc(-c3cc4c(n3OC(=O)C(F)(F)F)CCNC4=O)ccn2)c(F)c1. The number of pyridine rings is 1. The Hall–Kier alpha value is -4.15. The van der Waals surface area contributed by atoms with Gasteiger partial charge in [0.25, 0.3) is 5.91 Å². The Morgan fingerprint density at radius 3 is 2.63 bits per heavy atom. The average Bonchev–Trinajstić information content (AvgIpc) is 3.17. The normalized spacial score (nSPS) is 13.5. The molecule has 0 bridgehead atoms. The summed E-state index contributed by atoms with van der Waals surface area (Å²) in [6.07, 6.45) is -0.584. The van der Waals surface area contributed by atoms with Gasteiger partial charge in [-0.15, -0.1) is 0 Å². The van der Waals surface area contributed by atoms with Crippen LogP contribution in [0, 0.1) is 5.82 Å². The molecule has 2 aromatic heterocycles. The highest BCUT2D eigenvalue weighted by molar-refractivity contribution is 5.98. The monoisotopic (exact) mass is 488 g/mol. The number of halogens is 4. The lowest BCUT2D eigenvalue weighted by atomic mass is 10.1. The Bertz CT molecular complexity index is 1330. The van der Waals surface area contributed by atoms with E-state index in [-0.39, 0.29) is 29.9 Å². The molecule has 1 aromatic carbocycles. The first-order valence-corrected chi connectivity index (χ1v) is 10.5. The van der Waals surface area contributed by atoms with E-state index in [9.17, 15) is 27.2 Å². The molecule has 1 aliphatic rings. The van der Waals surface area contributed by atoms with E-state index in [1.165, 1.54) is 36.5 Å². The minimum Gasteiger partial charge on any atom is -0.378 e. The predicted octanol–water partition coefficient (Wildman–Crippen LogP) is 3.73. The molecule has 7 nitrogen and oxygen atoms in total. The highest BCUT2D eigenvalue weighted by atomic mass is 19.4. The summed E-state index contributed by atoms with van der Waals surface area (Å²) < 4.78 is 53.8. The zero-order valence-electron chi connectivity index (χ0n) is 18.7. The van der Waals surface area contributed by atoms with Crippen molar-refractivity contribution in [3.63, 3.8) is 0 Å². The van der Waals surface area contributed by atoms with Crippen molar-refractivity contribution in [3.8, 4) is 11.3 Å². The fourth-order valence-electron chi connectivity index (χ4n) is 3.60. The summed E-state index contributed by atoms with van der Waals surface area (Å²) in [7, 11) is 3.59. The van der Waals surface area contributed by atoms with Crippen LogP contribution < -0.4 is 15.1 Å². The van der Waals surface area contributed by atoms with Gasteiger partial charge in [-0.1, -0.05) is 0 Å². The van der Waals surface area contributed by atoms with Crippen LogP contribution in [0.5, 0.6) is 0 Å². The van der Waals surface area contributed by atoms with Crippen molar-refractivity contribution in [1.29, 1.82) is 0 Å². The molecule has 4 rings (SSSR count). The van der Waals surface area contributed by atoms with Crippen molar-refractivity contribution in [2.75, 3.05) is 25.5 Å². The van der Waals surface area contributed by atoms with Gasteiger partial charge in [-0.25, -0.2) is 9.18 Å². The number of carbonyl (C=O) groups is 2. The molecule has 0 unspecified atom stereocenters. The number of alkyl halides is 3. The van der Waals surface area contributed by atoms with Crippen LogP contribution in [0.1, 0.15) is 27.3 Å². The molecule has 3 aromatic rings. The highest BCUT2D eigenvalue weighted by Crippen LogP contribution is 2.29. The quantitative estimate of drug-likeness (QED) is 0.554. The van der Waals surface area contributed by atoms with E-state index in [1.54, 1.807) is 37.2 Å². The predicted molar refractivity (Wildman–Crippen MR) is 121 cm³/mol. The number of nitrogens with zero attached hydrogens (tertiary/aromatic N) is 3. The molecule has 0 spiro atoms. The Morgan fingerprint density at radius 1 is 1.17 bits per heavy atom. The van der Waals surface area contributed by atoms with Crippen molar-refractivity contribution >= 4 is 29.7 Å². The summed E-state index contributed by atoms with van der Waals surface area (Å²) in [5.74, 6) is -3.33. The second-order valence-corrected chi connectivity index (χ2v) is 7.97. The van der Waals surface area contributed by atoms with E-state index >= 15 is 0 Å². The van der Waals surface area contributed by atoms with Gasteiger partial charge in [0.15, 0.2) is 0 Å². The number of hydrogen-bond acceptors (Lipinski definition) is 5. The van der Waals surface area contributed by atoms with E-state index in [1.807, 2.05) is 0 Å². The van der Waals surface area contributed by atoms with Gasteiger partial charge in [0.2, 0.25) is 0 Å². The number of benzene rings is 1. The third-order valence-electron chi connectivity index (χ3n) is 5.36. The first-order valence-electron chi connectivity index (χ1n) is 10.5. The minimum atomic E-state index is -5.22. The molecule has 3 heterocycles. The summed E-state index contributed by atoms with van der Waals surface area (Å²) in [6.45, 7) is 0.182. The summed E-state index contributed by atoms with van der Waals surface area (Å²) in [4.78, 5) is 34.4. The molecule has 1 amide bonds. The number of rotatable bonds is 5. The van der Waals surface area contributed by atoms with Crippen LogP contribution in [0.25, 0.3) is 23.4 Å². The Labute approximate surface area is 197 Å². The van der Waals surface area contributed by atoms with Gasteiger partial charge in [-0.3, -0.25) is 9.78 Å². The van der Waals surface area contributed by atoms with Crippen molar-refractivity contribution in [2.24, 2.45) is 0 Å². The second kappa shape index (κ2) is 9.24. The molecule has 0 fully saturated rings. The van der Waals surface area contributed by atoms with E-state index in [0.29, 0.717) is 22.5 Å². The molecule has 0 radical (unpaired) electrons. The highest BCUT2D eigenvalue weighted by Gasteiger charge is 2.43. The van der Waals surface area contributed by atoms with Gasteiger partial charge in [-0.2, -0.15) is 17.9 Å². The van der Waals surface area contributed by atoms with E-state index in [2.05, 4.69) is 15.1 Å². The Kier molecular flexibility index (Phi) is 6.33. The zero-order valence-corrected chi connectivity index (χ0v) is 18.7. The molecule has 0 saturated carbocycles. The molecular formula is C24H20F4N4O3. The lowest BCUT2D eigenvalue weighted by Gasteiger charge is -2.17. The summed E-state index contributed by atoms with van der Waals surface area (Å²) >= 11 is 0. The number of carbonyl (C=O) groups excluding carboxylic acids is 2. The fraction of sp³-hybridized carbons (Fsp3) is 0.208. The largest absolute Gasteiger partial charge is 0.493 e. The molecule has 0 saturated heterocycles. The summed E-state index contributed by atoms with van der Waals surface area (Å²) in [5.41, 5.74) is 2.07. The molecule has 1 aliphatic heterocycles. The topological polar surface area (TPSA) is 76.5 Å². The van der Waals surface area contributed by atoms with Crippen LogP contribution in [0.2, 0.25) is 0 Å². The Balaban J connectivity index is 1.70. The molecule has 35 heavy (non-hydrogen) atoms. The summed E-state index contributed by atoms with van der Waals surface area (Å²) in [6, 6.07) is 9.14. The van der Waals surface area contributed by atoms with Crippen LogP contribution in [0.15, 0.2) is 42.6 Å². The molecule has 0 aliphatic carbocycles. The smallest absolute Gasteiger partial charge is 0.378 e. The number of nitrogens with one attached hydrogen (secondary N) is 1. The van der Waals surface area contributed by atoms with Gasteiger partial charge in [0, 0.05) is 50.1 Å². The van der Waals surface area contributed by atoms with Crippen molar-refractivity contribution < 1.29 is 32.0 Å². The van der Waals surface area contributed by atoms with Gasteiger partial charge in [0.1, 0.15) is 5.82 Å². The van der Waals surface area contributed by atoms with Gasteiger partial charge < -0.3 is 15.1 Å². The number of amides is 1. The van der Waals surface area contributed by atoms with Gasteiger partial charge in [0.05, 0.1) is 22.6 Å². The molecule has 11 heteroatoms. The molecule has 0 atom stereocenters. The van der Waals surface area contributed by atoms with E-state index in [0.717, 1.165) is 4.73 Å². The van der Waals surface area contributed by atoms with Crippen molar-refractivity contribution in [2.45, 2.75) is 12.6 Å². The number of hydrogen-bond donors (Lipinski definition) is 1. The average molecular weight is 488 g/mol. The maximum absolute atomic E-state index is 14.4. The summed E-state index contributed by atoms with van der Waals surface area (Å²) in [5, 5.41) is 2.60. The fourth-order valence-corrected chi connectivity index (χ4v) is 3.60. The first kappa shape index (κ1) is 24.0. The van der Waals surface area contributed by atoms with Crippen molar-refractivity contribution in [1.82, 2.24) is 15.0 Å². The maximum atomic E-state index is 14.4. The molecule has 182 valence electrons. The minimum absolute atomic E-state index is 0.0724. The molecule has 1 N–H and O–H groups in total. The lowest BCUT2D eigenvalue weighted by Crippen LogP contribution is -2.37. The second-order valence-electron chi connectivity index (χ2n) is 7.97. The molecular weight excluding hydrogens is 468 g/mol. The number of aromatic nitrogens is 2. The maximum Gasteiger partial charge on any atom is 0.493 e. The van der Waals surface area contributed by atoms with Crippen LogP contribution >= 0.6 is 0 Å². The number of fused-ring (bicyclic) bond motifs is 1. The Morgan fingerprint density at radius 2 is 1.94 bits per heavy atom. The first-order chi connectivity index (χ1) is 16.5. The van der Waals surface area contributed by atoms with E-state index < -0.39 is 23.9 Å². The zero-order chi connectivity index (χ0) is 25.3. The number of anilines is 1. The van der Waals surface area contributed by atoms with Crippen LogP contribution in [-0.4, -0.2) is 48.4 Å². The lowest BCUT2D eigenvalue weighted by molar-refractivity contribution is -0.199. The third-order valence-corrected chi connectivity index (χ3v) is 5.36. The van der Waals surface area contributed by atoms with Gasteiger partial charge >= 0.3 is 12.1 Å². The standard InChI is InChI=1S/C24H20F4N4O3/c1-31(2)17-6-4-14(19(25)12-17)3-5-16-11-15(7-9-29-16)21-13-18-20(8-10-30-22(18)33)32(21)35-23(34)24(26,27)28/h3-7,9,11-13H,8,10H2,1-2H3,(H,30,33). The van der Waals surface area contributed by atoms with Crippen LogP contribution in [-0.2, 0) is 11.2 Å². The third kappa shape index (κ3) is 5.03. The van der Waals surface area contributed by atoms with Crippen molar-refractivity contribution in [3.05, 3.63) is 70.9 Å². The van der Waals surface area contributed by atoms with Crippen LogP contribution in [0.4, 0.5) is 23.2 Å². The van der Waals surface area contributed by atoms with E-state index in [4.69, 9.17) is 0 Å². The van der Waals surface area contributed by atoms with Gasteiger partial charge in [-0.05, 0) is 48.6 Å². The van der Waals surface area contributed by atoms with Crippen LogP contribution in [0.3, 0.4) is 0 Å².